The molecule has 134 valence electrons. The third kappa shape index (κ3) is 4.88. The zero-order chi connectivity index (χ0) is 17.9. The fourth-order valence-corrected chi connectivity index (χ4v) is 3.96. The molecule has 1 aromatic heterocycles. The molecule has 0 bridgehead atoms. The molecule has 0 aliphatic carbocycles. The first-order chi connectivity index (χ1) is 11.9. The lowest BCUT2D eigenvalue weighted by Crippen LogP contribution is -2.34. The van der Waals surface area contributed by atoms with Crippen molar-refractivity contribution in [3.63, 3.8) is 0 Å². The quantitative estimate of drug-likeness (QED) is 0.883. The molecule has 1 aliphatic heterocycles. The average molecular weight is 364 g/mol. The van der Waals surface area contributed by atoms with Crippen LogP contribution in [0, 0.1) is 11.7 Å². The van der Waals surface area contributed by atoms with Gasteiger partial charge in [0.2, 0.25) is 16.0 Å². The Morgan fingerprint density at radius 1 is 1.24 bits per heavy atom. The van der Waals surface area contributed by atoms with E-state index in [1.807, 2.05) is 0 Å². The lowest BCUT2D eigenvalue weighted by molar-refractivity contribution is 0.434. The number of sulfonamides is 1. The third-order valence-electron chi connectivity index (χ3n) is 4.22. The van der Waals surface area contributed by atoms with E-state index in [4.69, 9.17) is 0 Å². The zero-order valence-corrected chi connectivity index (χ0v) is 14.8. The Morgan fingerprint density at radius 3 is 2.56 bits per heavy atom. The number of nitrogens with one attached hydrogen (secondary N) is 1. The van der Waals surface area contributed by atoms with Crippen molar-refractivity contribution in [1.82, 2.24) is 9.97 Å². The Balaban J connectivity index is 1.64. The number of nitrogens with zero attached hydrogens (tertiary/aromatic N) is 3. The van der Waals surface area contributed by atoms with Crippen LogP contribution in [0.1, 0.15) is 25.3 Å². The molecule has 0 unspecified atom stereocenters. The monoisotopic (exact) mass is 364 g/mol. The van der Waals surface area contributed by atoms with Crippen molar-refractivity contribution in [3.8, 4) is 0 Å². The highest BCUT2D eigenvalue weighted by Crippen LogP contribution is 2.20. The van der Waals surface area contributed by atoms with Gasteiger partial charge in [-0.15, -0.1) is 0 Å². The van der Waals surface area contributed by atoms with Gasteiger partial charge in [-0.3, -0.25) is 4.72 Å². The van der Waals surface area contributed by atoms with Gasteiger partial charge in [0.05, 0.1) is 23.8 Å². The summed E-state index contributed by atoms with van der Waals surface area (Å²) in [7, 11) is -3.66. The van der Waals surface area contributed by atoms with Crippen LogP contribution in [0.4, 0.5) is 16.0 Å². The number of rotatable bonds is 5. The van der Waals surface area contributed by atoms with Crippen LogP contribution in [-0.2, 0) is 15.8 Å². The second-order valence-electron chi connectivity index (χ2n) is 6.43. The minimum absolute atomic E-state index is 0.297. The van der Waals surface area contributed by atoms with Crippen molar-refractivity contribution < 1.29 is 12.8 Å². The van der Waals surface area contributed by atoms with Gasteiger partial charge in [0, 0.05) is 13.1 Å². The van der Waals surface area contributed by atoms with E-state index >= 15 is 0 Å². The highest BCUT2D eigenvalue weighted by Gasteiger charge is 2.18. The first-order valence-corrected chi connectivity index (χ1v) is 9.88. The number of anilines is 2. The molecule has 0 spiro atoms. The van der Waals surface area contributed by atoms with Crippen molar-refractivity contribution in [2.45, 2.75) is 25.5 Å². The number of hydrogen-bond acceptors (Lipinski definition) is 5. The topological polar surface area (TPSA) is 75.2 Å². The van der Waals surface area contributed by atoms with Crippen LogP contribution in [0.2, 0.25) is 0 Å². The molecular formula is C17H21FN4O2S. The van der Waals surface area contributed by atoms with Crippen LogP contribution in [0.5, 0.6) is 0 Å². The SMILES string of the molecule is CC1CCN(c2ncc(NS(=O)(=O)Cc3cccc(F)c3)cn2)CC1. The zero-order valence-electron chi connectivity index (χ0n) is 14.0. The molecule has 2 aromatic rings. The Kier molecular flexibility index (Phi) is 5.17. The Hall–Kier alpha value is -2.22. The molecule has 2 heterocycles. The lowest BCUT2D eigenvalue weighted by atomic mass is 10.00. The number of hydrogen-bond donors (Lipinski definition) is 1. The summed E-state index contributed by atoms with van der Waals surface area (Å²) in [6, 6.07) is 5.53. The molecule has 6 nitrogen and oxygen atoms in total. The van der Waals surface area contributed by atoms with Gasteiger partial charge in [-0.2, -0.15) is 0 Å². The van der Waals surface area contributed by atoms with Gasteiger partial charge in [-0.25, -0.2) is 22.8 Å². The Bertz CT molecular complexity index is 819. The molecule has 25 heavy (non-hydrogen) atoms. The van der Waals surface area contributed by atoms with E-state index < -0.39 is 15.8 Å². The molecule has 1 N–H and O–H groups in total. The summed E-state index contributed by atoms with van der Waals surface area (Å²) in [5, 5.41) is 0. The summed E-state index contributed by atoms with van der Waals surface area (Å²) < 4.78 is 40.0. The minimum Gasteiger partial charge on any atom is -0.341 e. The summed E-state index contributed by atoms with van der Waals surface area (Å²) in [6.07, 6.45) is 5.13. The van der Waals surface area contributed by atoms with Gasteiger partial charge in [-0.1, -0.05) is 19.1 Å². The fraction of sp³-hybridized carbons (Fsp3) is 0.412. The van der Waals surface area contributed by atoms with Crippen LogP contribution in [0.3, 0.4) is 0 Å². The van der Waals surface area contributed by atoms with E-state index in [9.17, 15) is 12.8 Å². The van der Waals surface area contributed by atoms with E-state index in [0.29, 0.717) is 23.1 Å². The van der Waals surface area contributed by atoms with Gasteiger partial charge in [0.15, 0.2) is 0 Å². The van der Waals surface area contributed by atoms with Crippen molar-refractivity contribution in [2.75, 3.05) is 22.7 Å². The van der Waals surface area contributed by atoms with E-state index in [-0.39, 0.29) is 5.75 Å². The first kappa shape index (κ1) is 17.6. The van der Waals surface area contributed by atoms with Crippen molar-refractivity contribution in [2.24, 2.45) is 5.92 Å². The largest absolute Gasteiger partial charge is 0.341 e. The second-order valence-corrected chi connectivity index (χ2v) is 8.15. The van der Waals surface area contributed by atoms with Crippen molar-refractivity contribution in [3.05, 3.63) is 48.0 Å². The molecule has 1 aliphatic rings. The van der Waals surface area contributed by atoms with E-state index in [2.05, 4.69) is 26.5 Å². The molecule has 0 amide bonds. The van der Waals surface area contributed by atoms with Crippen LogP contribution in [0.25, 0.3) is 0 Å². The Morgan fingerprint density at radius 2 is 1.92 bits per heavy atom. The van der Waals surface area contributed by atoms with Gasteiger partial charge in [0.1, 0.15) is 5.82 Å². The summed E-state index contributed by atoms with van der Waals surface area (Å²) in [4.78, 5) is 10.6. The van der Waals surface area contributed by atoms with E-state index in [0.717, 1.165) is 25.9 Å². The van der Waals surface area contributed by atoms with Gasteiger partial charge in [-0.05, 0) is 36.5 Å². The van der Waals surface area contributed by atoms with Crippen LogP contribution >= 0.6 is 0 Å². The summed E-state index contributed by atoms with van der Waals surface area (Å²) in [5.41, 5.74) is 0.679. The summed E-state index contributed by atoms with van der Waals surface area (Å²) in [6.45, 7) is 4.05. The molecule has 0 radical (unpaired) electrons. The molecule has 0 saturated carbocycles. The van der Waals surface area contributed by atoms with Crippen LogP contribution in [0.15, 0.2) is 36.7 Å². The fourth-order valence-electron chi connectivity index (χ4n) is 2.81. The smallest absolute Gasteiger partial charge is 0.237 e. The van der Waals surface area contributed by atoms with Gasteiger partial charge >= 0.3 is 0 Å². The highest BCUT2D eigenvalue weighted by atomic mass is 32.2. The second kappa shape index (κ2) is 7.35. The maximum absolute atomic E-state index is 13.2. The van der Waals surface area contributed by atoms with Crippen LogP contribution < -0.4 is 9.62 Å². The number of halogens is 1. The minimum atomic E-state index is -3.66. The summed E-state index contributed by atoms with van der Waals surface area (Å²) in [5.74, 6) is 0.553. The van der Waals surface area contributed by atoms with Gasteiger partial charge in [0.25, 0.3) is 0 Å². The molecule has 1 aromatic carbocycles. The molecule has 0 atom stereocenters. The summed E-state index contributed by atoms with van der Waals surface area (Å²) >= 11 is 0. The number of benzene rings is 1. The van der Waals surface area contributed by atoms with Crippen LogP contribution in [-0.4, -0.2) is 31.5 Å². The average Bonchev–Trinajstić information content (AvgIpc) is 2.55. The molecule has 1 saturated heterocycles. The van der Waals surface area contributed by atoms with Gasteiger partial charge < -0.3 is 4.90 Å². The predicted octanol–water partition coefficient (Wildman–Crippen LogP) is 2.79. The molecule has 3 rings (SSSR count). The first-order valence-electron chi connectivity index (χ1n) is 8.23. The Labute approximate surface area is 147 Å². The maximum Gasteiger partial charge on any atom is 0.237 e. The lowest BCUT2D eigenvalue weighted by Gasteiger charge is -2.30. The normalized spacial score (nSPS) is 16.0. The third-order valence-corrected chi connectivity index (χ3v) is 5.48. The standard InChI is InChI=1S/C17H21FN4O2S/c1-13-5-7-22(8-6-13)17-19-10-16(11-20-17)21-25(23,24)12-14-3-2-4-15(18)9-14/h2-4,9-11,13,21H,5-8,12H2,1H3. The predicted molar refractivity (Wildman–Crippen MR) is 95.3 cm³/mol. The number of piperidine rings is 1. The molecular weight excluding hydrogens is 343 g/mol. The maximum atomic E-state index is 13.2. The molecule has 8 heteroatoms. The molecule has 1 fully saturated rings. The highest BCUT2D eigenvalue weighted by molar-refractivity contribution is 7.91. The van der Waals surface area contributed by atoms with Crippen molar-refractivity contribution >= 4 is 21.7 Å². The van der Waals surface area contributed by atoms with E-state index in [1.54, 1.807) is 6.07 Å². The van der Waals surface area contributed by atoms with E-state index in [1.165, 1.54) is 30.6 Å². The number of aromatic nitrogens is 2. The van der Waals surface area contributed by atoms with Crippen molar-refractivity contribution in [1.29, 1.82) is 0 Å².